The highest BCUT2D eigenvalue weighted by atomic mass is 16.5. The molecule has 1 rings (SSSR count). The predicted molar refractivity (Wildman–Crippen MR) is 65.7 cm³/mol. The predicted octanol–water partition coefficient (Wildman–Crippen LogP) is 1.63. The Hall–Kier alpha value is -0.900. The lowest BCUT2D eigenvalue weighted by Crippen LogP contribution is -2.46. The van der Waals surface area contributed by atoms with Crippen molar-refractivity contribution in [3.8, 4) is 0 Å². The summed E-state index contributed by atoms with van der Waals surface area (Å²) in [7, 11) is 0. The summed E-state index contributed by atoms with van der Waals surface area (Å²) in [5.41, 5.74) is -0.300. The van der Waals surface area contributed by atoms with Crippen molar-refractivity contribution < 1.29 is 14.3 Å². The highest BCUT2D eigenvalue weighted by molar-refractivity contribution is 5.85. The summed E-state index contributed by atoms with van der Waals surface area (Å²) in [6.07, 6.45) is 1.29. The van der Waals surface area contributed by atoms with Gasteiger partial charge in [-0.1, -0.05) is 6.92 Å². The molecule has 0 N–H and O–H groups in total. The Bertz CT molecular complexity index is 294. The Labute approximate surface area is 103 Å². The van der Waals surface area contributed by atoms with E-state index >= 15 is 0 Å². The van der Waals surface area contributed by atoms with Gasteiger partial charge >= 0.3 is 0 Å². The molecule has 0 aromatic carbocycles. The molecule has 0 spiro atoms. The minimum Gasteiger partial charge on any atom is -0.366 e. The van der Waals surface area contributed by atoms with Crippen LogP contribution in [-0.2, 0) is 14.3 Å². The quantitative estimate of drug-likeness (QED) is 0.754. The topological polar surface area (TPSA) is 46.6 Å². The van der Waals surface area contributed by atoms with Crippen LogP contribution in [0.1, 0.15) is 40.5 Å². The van der Waals surface area contributed by atoms with Crippen LogP contribution < -0.4 is 0 Å². The molecular weight excluding hydrogens is 218 g/mol. The van der Waals surface area contributed by atoms with Crippen molar-refractivity contribution >= 4 is 11.7 Å². The molecule has 1 aliphatic rings. The fourth-order valence-corrected chi connectivity index (χ4v) is 1.86. The van der Waals surface area contributed by atoms with E-state index in [4.69, 9.17) is 4.74 Å². The maximum atomic E-state index is 11.9. The number of rotatable bonds is 3. The lowest BCUT2D eigenvalue weighted by Gasteiger charge is -2.32. The van der Waals surface area contributed by atoms with Crippen molar-refractivity contribution in [2.45, 2.75) is 46.1 Å². The standard InChI is InChI=1S/C13H23NO3/c1-5-10-8-14(7-6-11(10)15)12(16)9-17-13(2,3)4/h10H,5-9H2,1-4H3. The average Bonchev–Trinajstić information content (AvgIpc) is 2.25. The largest absolute Gasteiger partial charge is 0.366 e. The van der Waals surface area contributed by atoms with Crippen molar-refractivity contribution in [2.75, 3.05) is 19.7 Å². The summed E-state index contributed by atoms with van der Waals surface area (Å²) in [6.45, 7) is 8.97. The van der Waals surface area contributed by atoms with Crippen LogP contribution in [0.2, 0.25) is 0 Å². The van der Waals surface area contributed by atoms with Gasteiger partial charge in [0.25, 0.3) is 0 Å². The van der Waals surface area contributed by atoms with E-state index in [9.17, 15) is 9.59 Å². The number of carbonyl (C=O) groups is 2. The van der Waals surface area contributed by atoms with Crippen LogP contribution >= 0.6 is 0 Å². The molecule has 4 nitrogen and oxygen atoms in total. The molecule has 1 amide bonds. The van der Waals surface area contributed by atoms with E-state index < -0.39 is 0 Å². The van der Waals surface area contributed by atoms with Crippen molar-refractivity contribution in [1.82, 2.24) is 4.90 Å². The Kier molecular flexibility index (Phi) is 4.69. The number of piperidine rings is 1. The molecule has 17 heavy (non-hydrogen) atoms. The molecule has 1 saturated heterocycles. The minimum absolute atomic E-state index is 0.00845. The molecule has 0 aromatic rings. The summed E-state index contributed by atoms with van der Waals surface area (Å²) in [5.74, 6) is 0.293. The Morgan fingerprint density at radius 2 is 2.12 bits per heavy atom. The van der Waals surface area contributed by atoms with Gasteiger partial charge < -0.3 is 9.64 Å². The second-order valence-corrected chi connectivity index (χ2v) is 5.56. The fourth-order valence-electron chi connectivity index (χ4n) is 1.86. The van der Waals surface area contributed by atoms with Crippen molar-refractivity contribution in [3.05, 3.63) is 0 Å². The smallest absolute Gasteiger partial charge is 0.248 e. The summed E-state index contributed by atoms with van der Waals surface area (Å²) in [4.78, 5) is 25.2. The van der Waals surface area contributed by atoms with E-state index in [0.29, 0.717) is 19.5 Å². The normalized spacial score (nSPS) is 21.8. The van der Waals surface area contributed by atoms with Gasteiger partial charge in [0.2, 0.25) is 5.91 Å². The van der Waals surface area contributed by atoms with Gasteiger partial charge in [-0.05, 0) is 27.2 Å². The zero-order valence-electron chi connectivity index (χ0n) is 11.3. The number of Topliss-reactive ketones (excluding diaryl/α,β-unsaturated/α-hetero) is 1. The summed E-state index contributed by atoms with van der Waals surface area (Å²) >= 11 is 0. The first-order valence-corrected chi connectivity index (χ1v) is 6.28. The molecule has 0 bridgehead atoms. The van der Waals surface area contributed by atoms with Crippen LogP contribution in [0, 0.1) is 5.92 Å². The maximum absolute atomic E-state index is 11.9. The third-order valence-electron chi connectivity index (χ3n) is 3.00. The van der Waals surface area contributed by atoms with Gasteiger partial charge in [0.15, 0.2) is 0 Å². The van der Waals surface area contributed by atoms with E-state index in [1.807, 2.05) is 27.7 Å². The first-order valence-electron chi connectivity index (χ1n) is 6.28. The van der Waals surface area contributed by atoms with Crippen LogP contribution in [0.4, 0.5) is 0 Å². The Balaban J connectivity index is 2.45. The molecule has 1 aliphatic heterocycles. The van der Waals surface area contributed by atoms with Gasteiger partial charge in [0.05, 0.1) is 5.60 Å². The maximum Gasteiger partial charge on any atom is 0.248 e. The minimum atomic E-state index is -0.300. The highest BCUT2D eigenvalue weighted by Crippen LogP contribution is 2.16. The molecule has 0 radical (unpaired) electrons. The number of ether oxygens (including phenoxy) is 1. The molecule has 4 heteroatoms. The van der Waals surface area contributed by atoms with Gasteiger partial charge in [-0.25, -0.2) is 0 Å². The second-order valence-electron chi connectivity index (χ2n) is 5.56. The number of nitrogens with zero attached hydrogens (tertiary/aromatic N) is 1. The van der Waals surface area contributed by atoms with Gasteiger partial charge in [-0.15, -0.1) is 0 Å². The molecule has 0 aliphatic carbocycles. The van der Waals surface area contributed by atoms with Gasteiger partial charge in [-0.3, -0.25) is 9.59 Å². The molecule has 1 atom stereocenters. The third-order valence-corrected chi connectivity index (χ3v) is 3.00. The van der Waals surface area contributed by atoms with Gasteiger partial charge in [-0.2, -0.15) is 0 Å². The van der Waals surface area contributed by atoms with Crippen LogP contribution in [0.5, 0.6) is 0 Å². The summed E-state index contributed by atoms with van der Waals surface area (Å²) in [5, 5.41) is 0. The molecule has 0 aromatic heterocycles. The summed E-state index contributed by atoms with van der Waals surface area (Å²) in [6, 6.07) is 0. The summed E-state index contributed by atoms with van der Waals surface area (Å²) < 4.78 is 5.46. The molecule has 0 saturated carbocycles. The monoisotopic (exact) mass is 241 g/mol. The van der Waals surface area contributed by atoms with Crippen molar-refractivity contribution in [2.24, 2.45) is 5.92 Å². The number of carbonyl (C=O) groups excluding carboxylic acids is 2. The highest BCUT2D eigenvalue weighted by Gasteiger charge is 2.28. The lowest BCUT2D eigenvalue weighted by atomic mass is 9.94. The number of hydrogen-bond acceptors (Lipinski definition) is 3. The van der Waals surface area contributed by atoms with Crippen LogP contribution in [0.25, 0.3) is 0 Å². The first-order chi connectivity index (χ1) is 7.83. The SMILES string of the molecule is CCC1CN(C(=O)COC(C)(C)C)CCC1=O. The van der Waals surface area contributed by atoms with Crippen LogP contribution in [0.3, 0.4) is 0 Å². The zero-order valence-corrected chi connectivity index (χ0v) is 11.3. The molecule has 1 unspecified atom stereocenters. The number of hydrogen-bond donors (Lipinski definition) is 0. The molecule has 1 heterocycles. The van der Waals surface area contributed by atoms with E-state index in [2.05, 4.69) is 0 Å². The number of likely N-dealkylation sites (tertiary alicyclic amines) is 1. The molecule has 1 fully saturated rings. The lowest BCUT2D eigenvalue weighted by molar-refractivity contribution is -0.145. The average molecular weight is 241 g/mol. The van der Waals surface area contributed by atoms with Crippen LogP contribution in [-0.4, -0.2) is 41.9 Å². The van der Waals surface area contributed by atoms with E-state index in [0.717, 1.165) is 6.42 Å². The number of ketones is 1. The van der Waals surface area contributed by atoms with Crippen molar-refractivity contribution in [1.29, 1.82) is 0 Å². The second kappa shape index (κ2) is 5.63. The third kappa shape index (κ3) is 4.46. The van der Waals surface area contributed by atoms with E-state index in [1.54, 1.807) is 4.90 Å². The van der Waals surface area contributed by atoms with E-state index in [1.165, 1.54) is 0 Å². The van der Waals surface area contributed by atoms with Gasteiger partial charge in [0.1, 0.15) is 12.4 Å². The Morgan fingerprint density at radius 1 is 1.47 bits per heavy atom. The first kappa shape index (κ1) is 14.2. The van der Waals surface area contributed by atoms with Crippen LogP contribution in [0.15, 0.2) is 0 Å². The zero-order chi connectivity index (χ0) is 13.1. The number of amides is 1. The molecule has 98 valence electrons. The van der Waals surface area contributed by atoms with E-state index in [-0.39, 0.29) is 29.8 Å². The molecular formula is C13H23NO3. The van der Waals surface area contributed by atoms with Gasteiger partial charge in [0, 0.05) is 25.4 Å². The Morgan fingerprint density at radius 3 is 2.65 bits per heavy atom. The van der Waals surface area contributed by atoms with Crippen molar-refractivity contribution in [3.63, 3.8) is 0 Å². The fraction of sp³-hybridized carbons (Fsp3) is 0.846.